The third kappa shape index (κ3) is 5.02. The van der Waals surface area contributed by atoms with E-state index < -0.39 is 5.97 Å². The lowest BCUT2D eigenvalue weighted by Crippen LogP contribution is -2.12. The van der Waals surface area contributed by atoms with Crippen molar-refractivity contribution in [2.75, 3.05) is 12.4 Å². The number of carbonyl (C=O) groups is 2. The van der Waals surface area contributed by atoms with Crippen molar-refractivity contribution < 1.29 is 14.3 Å². The van der Waals surface area contributed by atoms with Gasteiger partial charge in [0.2, 0.25) is 0 Å². The van der Waals surface area contributed by atoms with E-state index in [-0.39, 0.29) is 5.91 Å². The molecule has 4 rings (SSSR count). The Hall–Kier alpha value is -3.91. The Labute approximate surface area is 202 Å². The summed E-state index contributed by atoms with van der Waals surface area (Å²) in [5.74, 6) is -0.643. The number of hydrogen-bond donors (Lipinski definition) is 1. The molecule has 0 aliphatic rings. The highest BCUT2D eigenvalue weighted by atomic mass is 35.5. The molecule has 4 aromatic rings. The van der Waals surface area contributed by atoms with E-state index in [0.29, 0.717) is 34.9 Å². The fraction of sp³-hybridized carbons (Fsp3) is 0.200. The van der Waals surface area contributed by atoms with Crippen LogP contribution in [0.5, 0.6) is 0 Å². The molecule has 174 valence electrons. The Morgan fingerprint density at radius 3 is 2.47 bits per heavy atom. The molecule has 0 aliphatic heterocycles. The van der Waals surface area contributed by atoms with Crippen molar-refractivity contribution in [2.24, 2.45) is 0 Å². The van der Waals surface area contributed by atoms with Crippen LogP contribution in [0.25, 0.3) is 0 Å². The van der Waals surface area contributed by atoms with Crippen LogP contribution in [-0.4, -0.2) is 38.5 Å². The van der Waals surface area contributed by atoms with Crippen molar-refractivity contribution >= 4 is 29.2 Å². The van der Waals surface area contributed by atoms with E-state index in [1.165, 1.54) is 7.11 Å². The number of halogens is 1. The Morgan fingerprint density at radius 1 is 1.06 bits per heavy atom. The summed E-state index contributed by atoms with van der Waals surface area (Å²) in [4.78, 5) is 24.7. The Balaban J connectivity index is 1.40. The molecule has 0 bridgehead atoms. The number of ether oxygens (including phenoxy) is 1. The number of methoxy groups -OCH3 is 1. The van der Waals surface area contributed by atoms with Crippen LogP contribution in [0.1, 0.15) is 43.2 Å². The van der Waals surface area contributed by atoms with Gasteiger partial charge in [-0.25, -0.2) is 4.79 Å². The quantitative estimate of drug-likeness (QED) is 0.396. The van der Waals surface area contributed by atoms with Crippen LogP contribution in [0.4, 0.5) is 5.69 Å². The number of anilines is 1. The predicted octanol–water partition coefficient (Wildman–Crippen LogP) is 4.49. The van der Waals surface area contributed by atoms with Gasteiger partial charge in [-0.15, -0.1) is 0 Å². The molecule has 8 nitrogen and oxygen atoms in total. The third-order valence-corrected chi connectivity index (χ3v) is 6.03. The van der Waals surface area contributed by atoms with E-state index in [1.807, 2.05) is 42.8 Å². The molecule has 0 saturated carbocycles. The number of carbonyl (C=O) groups excluding carboxylic acids is 2. The van der Waals surface area contributed by atoms with Crippen LogP contribution in [0.15, 0.2) is 60.9 Å². The fourth-order valence-electron chi connectivity index (χ4n) is 3.62. The number of esters is 1. The van der Waals surface area contributed by atoms with Crippen LogP contribution >= 0.6 is 11.6 Å². The normalized spacial score (nSPS) is 10.8. The monoisotopic (exact) mass is 477 g/mol. The maximum atomic E-state index is 12.7. The molecule has 0 aliphatic carbocycles. The minimum absolute atomic E-state index is 0.241. The average Bonchev–Trinajstić information content (AvgIpc) is 3.38. The zero-order valence-corrected chi connectivity index (χ0v) is 19.8. The fourth-order valence-corrected chi connectivity index (χ4v) is 3.76. The minimum Gasteiger partial charge on any atom is -0.465 e. The van der Waals surface area contributed by atoms with Gasteiger partial charge in [0.05, 0.1) is 54.1 Å². The molecule has 0 atom stereocenters. The predicted molar refractivity (Wildman–Crippen MR) is 129 cm³/mol. The summed E-state index contributed by atoms with van der Waals surface area (Å²) in [6, 6.07) is 14.5. The van der Waals surface area contributed by atoms with Gasteiger partial charge in [-0.3, -0.25) is 14.2 Å². The second kappa shape index (κ2) is 9.93. The topological polar surface area (TPSA) is 91.0 Å². The lowest BCUT2D eigenvalue weighted by Gasteiger charge is -2.08. The van der Waals surface area contributed by atoms with E-state index in [1.54, 1.807) is 41.3 Å². The highest BCUT2D eigenvalue weighted by Crippen LogP contribution is 2.20. The van der Waals surface area contributed by atoms with Crippen LogP contribution in [0, 0.1) is 13.8 Å². The van der Waals surface area contributed by atoms with E-state index in [9.17, 15) is 9.59 Å². The zero-order valence-electron chi connectivity index (χ0n) is 19.1. The third-order valence-electron chi connectivity index (χ3n) is 5.49. The lowest BCUT2D eigenvalue weighted by molar-refractivity contribution is 0.0599. The van der Waals surface area contributed by atoms with Crippen LogP contribution in [0.3, 0.4) is 0 Å². The van der Waals surface area contributed by atoms with Gasteiger partial charge in [0, 0.05) is 11.8 Å². The molecule has 0 fully saturated rings. The Morgan fingerprint density at radius 2 is 1.79 bits per heavy atom. The summed E-state index contributed by atoms with van der Waals surface area (Å²) in [5, 5.41) is 12.3. The van der Waals surface area contributed by atoms with Gasteiger partial charge in [-0.2, -0.15) is 10.2 Å². The second-order valence-corrected chi connectivity index (χ2v) is 8.25. The number of rotatable bonds is 7. The summed E-state index contributed by atoms with van der Waals surface area (Å²) < 4.78 is 8.34. The van der Waals surface area contributed by atoms with E-state index in [2.05, 4.69) is 15.5 Å². The van der Waals surface area contributed by atoms with Crippen LogP contribution in [-0.2, 0) is 17.8 Å². The first kappa shape index (κ1) is 23.3. The van der Waals surface area contributed by atoms with Crippen molar-refractivity contribution in [1.29, 1.82) is 0 Å². The molecule has 1 amide bonds. The molecular formula is C25H24ClN5O3. The number of hydrogen-bond acceptors (Lipinski definition) is 5. The molecule has 2 aromatic heterocycles. The standard InChI is InChI=1S/C25H24ClN5O3/c1-16-23(26)17(2)31(29-16)13-18-8-10-19(11-9-18)24(32)28-21-12-27-30(15-21)14-20-6-4-5-7-22(20)25(33)34-3/h4-12,15H,13-14H2,1-3H3,(H,28,32). The molecule has 2 heterocycles. The lowest BCUT2D eigenvalue weighted by atomic mass is 10.1. The Bertz CT molecular complexity index is 1340. The van der Waals surface area contributed by atoms with Crippen molar-refractivity contribution in [3.8, 4) is 0 Å². The van der Waals surface area contributed by atoms with Gasteiger partial charge in [0.25, 0.3) is 5.91 Å². The van der Waals surface area contributed by atoms with E-state index in [0.717, 1.165) is 22.5 Å². The highest BCUT2D eigenvalue weighted by molar-refractivity contribution is 6.31. The van der Waals surface area contributed by atoms with Gasteiger partial charge in [0.15, 0.2) is 0 Å². The molecule has 2 aromatic carbocycles. The summed E-state index contributed by atoms with van der Waals surface area (Å²) in [7, 11) is 1.35. The molecule has 1 N–H and O–H groups in total. The zero-order chi connectivity index (χ0) is 24.2. The van der Waals surface area contributed by atoms with Crippen molar-refractivity contribution in [2.45, 2.75) is 26.9 Å². The van der Waals surface area contributed by atoms with Crippen molar-refractivity contribution in [3.63, 3.8) is 0 Å². The maximum Gasteiger partial charge on any atom is 0.338 e. The number of amides is 1. The number of nitrogens with zero attached hydrogens (tertiary/aromatic N) is 4. The molecule has 0 spiro atoms. The molecule has 0 saturated heterocycles. The molecular weight excluding hydrogens is 454 g/mol. The number of nitrogens with one attached hydrogen (secondary N) is 1. The Kier molecular flexibility index (Phi) is 6.79. The first-order chi connectivity index (χ1) is 16.4. The van der Waals surface area contributed by atoms with Gasteiger partial charge in [-0.1, -0.05) is 41.9 Å². The first-order valence-corrected chi connectivity index (χ1v) is 11.0. The van der Waals surface area contributed by atoms with E-state index >= 15 is 0 Å². The highest BCUT2D eigenvalue weighted by Gasteiger charge is 2.13. The summed E-state index contributed by atoms with van der Waals surface area (Å²) in [6.07, 6.45) is 3.28. The largest absolute Gasteiger partial charge is 0.465 e. The molecule has 0 unspecified atom stereocenters. The molecule has 34 heavy (non-hydrogen) atoms. The number of benzene rings is 2. The molecule has 0 radical (unpaired) electrons. The average molecular weight is 478 g/mol. The van der Waals surface area contributed by atoms with Gasteiger partial charge in [-0.05, 0) is 43.2 Å². The van der Waals surface area contributed by atoms with Gasteiger partial charge in [0.1, 0.15) is 0 Å². The van der Waals surface area contributed by atoms with Gasteiger partial charge < -0.3 is 10.1 Å². The number of aromatic nitrogens is 4. The van der Waals surface area contributed by atoms with Gasteiger partial charge >= 0.3 is 5.97 Å². The summed E-state index contributed by atoms with van der Waals surface area (Å²) >= 11 is 6.22. The summed E-state index contributed by atoms with van der Waals surface area (Å²) in [6.45, 7) is 4.74. The number of aryl methyl sites for hydroxylation is 1. The maximum absolute atomic E-state index is 12.7. The second-order valence-electron chi connectivity index (χ2n) is 7.87. The SMILES string of the molecule is COC(=O)c1ccccc1Cn1cc(NC(=O)c2ccc(Cn3nc(C)c(Cl)c3C)cc2)cn1. The first-order valence-electron chi connectivity index (χ1n) is 10.6. The minimum atomic E-state index is -0.402. The van der Waals surface area contributed by atoms with E-state index in [4.69, 9.17) is 16.3 Å². The van der Waals surface area contributed by atoms with Crippen molar-refractivity contribution in [1.82, 2.24) is 19.6 Å². The smallest absolute Gasteiger partial charge is 0.338 e. The van der Waals surface area contributed by atoms with Crippen LogP contribution < -0.4 is 5.32 Å². The van der Waals surface area contributed by atoms with Crippen LogP contribution in [0.2, 0.25) is 5.02 Å². The summed E-state index contributed by atoms with van der Waals surface area (Å²) in [5.41, 5.74) is 5.05. The molecule has 9 heteroatoms. The van der Waals surface area contributed by atoms with Crippen molar-refractivity contribution in [3.05, 3.63) is 99.6 Å².